The molecule has 110 valence electrons. The van der Waals surface area contributed by atoms with E-state index in [0.29, 0.717) is 0 Å². The highest BCUT2D eigenvalue weighted by molar-refractivity contribution is 9.10. The maximum atomic E-state index is 13.5. The van der Waals surface area contributed by atoms with Crippen LogP contribution < -0.4 is 5.32 Å². The smallest absolute Gasteiger partial charge is 0.293 e. The van der Waals surface area contributed by atoms with Gasteiger partial charge in [0.25, 0.3) is 5.69 Å². The van der Waals surface area contributed by atoms with E-state index in [-0.39, 0.29) is 28.0 Å². The van der Waals surface area contributed by atoms with Crippen molar-refractivity contribution in [2.45, 2.75) is 6.54 Å². The second-order valence-electron chi connectivity index (χ2n) is 4.13. The molecule has 0 saturated carbocycles. The van der Waals surface area contributed by atoms with Gasteiger partial charge in [0, 0.05) is 24.2 Å². The van der Waals surface area contributed by atoms with Gasteiger partial charge in [-0.05, 0) is 34.1 Å². The highest BCUT2D eigenvalue weighted by Gasteiger charge is 2.17. The van der Waals surface area contributed by atoms with Crippen molar-refractivity contribution < 1.29 is 18.1 Å². The number of hydrogen-bond donors (Lipinski definition) is 1. The molecule has 0 aromatic heterocycles. The van der Waals surface area contributed by atoms with Crippen LogP contribution in [-0.4, -0.2) is 4.92 Å². The molecule has 0 spiro atoms. The Morgan fingerprint density at radius 3 is 2.52 bits per heavy atom. The molecule has 1 N–H and O–H groups in total. The largest absolute Gasteiger partial charge is 0.375 e. The predicted molar refractivity (Wildman–Crippen MR) is 74.4 cm³/mol. The van der Waals surface area contributed by atoms with Crippen molar-refractivity contribution in [3.63, 3.8) is 0 Å². The molecule has 4 nitrogen and oxygen atoms in total. The number of benzene rings is 2. The Morgan fingerprint density at radius 2 is 1.86 bits per heavy atom. The Kier molecular flexibility index (Phi) is 4.46. The molecule has 0 atom stereocenters. The topological polar surface area (TPSA) is 55.2 Å². The molecule has 0 saturated heterocycles. The van der Waals surface area contributed by atoms with Gasteiger partial charge in [0.2, 0.25) is 0 Å². The lowest BCUT2D eigenvalue weighted by Gasteiger charge is -2.09. The summed E-state index contributed by atoms with van der Waals surface area (Å²) in [5, 5.41) is 13.4. The average molecular weight is 361 g/mol. The number of nitrogens with one attached hydrogen (secondary N) is 1. The van der Waals surface area contributed by atoms with Crippen molar-refractivity contribution in [2.24, 2.45) is 0 Å². The number of anilines is 1. The molecule has 2 aromatic rings. The molecule has 2 aromatic carbocycles. The highest BCUT2D eigenvalue weighted by atomic mass is 79.9. The van der Waals surface area contributed by atoms with E-state index in [1.165, 1.54) is 0 Å². The first-order chi connectivity index (χ1) is 9.88. The van der Waals surface area contributed by atoms with Crippen molar-refractivity contribution in [3.8, 4) is 0 Å². The molecular weight excluding hydrogens is 353 g/mol. The zero-order chi connectivity index (χ0) is 15.6. The fourth-order valence-electron chi connectivity index (χ4n) is 1.70. The SMILES string of the molecule is O=[N+]([O-])c1cc(Br)c(F)cc1NCc1cc(F)ccc1F. The van der Waals surface area contributed by atoms with E-state index in [1.54, 1.807) is 0 Å². The minimum Gasteiger partial charge on any atom is -0.375 e. The van der Waals surface area contributed by atoms with Gasteiger partial charge in [-0.1, -0.05) is 0 Å². The number of rotatable bonds is 4. The Morgan fingerprint density at radius 1 is 1.14 bits per heavy atom. The monoisotopic (exact) mass is 360 g/mol. The van der Waals surface area contributed by atoms with Gasteiger partial charge in [-0.15, -0.1) is 0 Å². The highest BCUT2D eigenvalue weighted by Crippen LogP contribution is 2.31. The lowest BCUT2D eigenvalue weighted by Crippen LogP contribution is -2.05. The summed E-state index contributed by atoms with van der Waals surface area (Å²) in [6.07, 6.45) is 0. The Labute approximate surface area is 125 Å². The van der Waals surface area contributed by atoms with Gasteiger partial charge < -0.3 is 5.32 Å². The standard InChI is InChI=1S/C13H8BrF3N2O2/c14-9-4-13(19(20)21)12(5-11(9)17)18-6-7-3-8(15)1-2-10(7)16/h1-5,18H,6H2. The average Bonchev–Trinajstić information content (AvgIpc) is 2.42. The predicted octanol–water partition coefficient (Wildman–Crippen LogP) is 4.39. The summed E-state index contributed by atoms with van der Waals surface area (Å²) in [5.41, 5.74) is -0.517. The maximum Gasteiger partial charge on any atom is 0.293 e. The molecule has 0 bridgehead atoms. The van der Waals surface area contributed by atoms with Crippen LogP contribution in [0.15, 0.2) is 34.8 Å². The summed E-state index contributed by atoms with van der Waals surface area (Å²) in [6.45, 7) is -0.217. The van der Waals surface area contributed by atoms with E-state index >= 15 is 0 Å². The maximum absolute atomic E-state index is 13.5. The number of nitrogens with zero attached hydrogens (tertiary/aromatic N) is 1. The zero-order valence-electron chi connectivity index (χ0n) is 10.4. The molecule has 0 amide bonds. The van der Waals surface area contributed by atoms with E-state index in [9.17, 15) is 23.3 Å². The fourth-order valence-corrected chi connectivity index (χ4v) is 2.03. The third-order valence-corrected chi connectivity index (χ3v) is 3.32. The second-order valence-corrected chi connectivity index (χ2v) is 4.98. The van der Waals surface area contributed by atoms with Crippen molar-refractivity contribution in [2.75, 3.05) is 5.32 Å². The van der Waals surface area contributed by atoms with Crippen LogP contribution in [0, 0.1) is 27.6 Å². The van der Waals surface area contributed by atoms with E-state index in [4.69, 9.17) is 0 Å². The van der Waals surface area contributed by atoms with Crippen LogP contribution in [-0.2, 0) is 6.54 Å². The molecule has 21 heavy (non-hydrogen) atoms. The first kappa shape index (κ1) is 15.3. The first-order valence-corrected chi connectivity index (χ1v) is 6.49. The number of nitro groups is 1. The number of nitro benzene ring substituents is 1. The molecule has 0 fully saturated rings. The lowest BCUT2D eigenvalue weighted by atomic mass is 10.2. The molecule has 0 aliphatic carbocycles. The van der Waals surface area contributed by atoms with E-state index in [1.807, 2.05) is 0 Å². The van der Waals surface area contributed by atoms with E-state index in [0.717, 1.165) is 30.3 Å². The normalized spacial score (nSPS) is 10.5. The van der Waals surface area contributed by atoms with Crippen LogP contribution in [0.3, 0.4) is 0 Å². The summed E-state index contributed by atoms with van der Waals surface area (Å²) in [4.78, 5) is 10.2. The summed E-state index contributed by atoms with van der Waals surface area (Å²) in [5.74, 6) is -2.00. The molecule has 8 heteroatoms. The van der Waals surface area contributed by atoms with Crippen LogP contribution in [0.5, 0.6) is 0 Å². The van der Waals surface area contributed by atoms with Crippen molar-refractivity contribution >= 4 is 27.3 Å². The molecule has 0 aliphatic heterocycles. The molecule has 0 unspecified atom stereocenters. The van der Waals surface area contributed by atoms with Gasteiger partial charge in [0.15, 0.2) is 0 Å². The van der Waals surface area contributed by atoms with Gasteiger partial charge in [-0.3, -0.25) is 10.1 Å². The number of halogens is 4. The van der Waals surface area contributed by atoms with Crippen LogP contribution >= 0.6 is 15.9 Å². The fraction of sp³-hybridized carbons (Fsp3) is 0.0769. The van der Waals surface area contributed by atoms with E-state index < -0.39 is 22.4 Å². The summed E-state index contributed by atoms with van der Waals surface area (Å²) in [6, 6.07) is 4.78. The Bertz CT molecular complexity index is 710. The minimum absolute atomic E-state index is 0.0207. The third kappa shape index (κ3) is 3.52. The van der Waals surface area contributed by atoms with Crippen LogP contribution in [0.4, 0.5) is 24.5 Å². The van der Waals surface area contributed by atoms with Gasteiger partial charge in [-0.2, -0.15) is 0 Å². The van der Waals surface area contributed by atoms with Crippen molar-refractivity contribution in [1.82, 2.24) is 0 Å². The molecule has 2 rings (SSSR count). The summed E-state index contributed by atoms with van der Waals surface area (Å²) in [7, 11) is 0. The van der Waals surface area contributed by atoms with Crippen LogP contribution in [0.2, 0.25) is 0 Å². The minimum atomic E-state index is -0.706. The quantitative estimate of drug-likeness (QED) is 0.649. The lowest BCUT2D eigenvalue weighted by molar-refractivity contribution is -0.384. The Hall–Kier alpha value is -2.09. The summed E-state index contributed by atoms with van der Waals surface area (Å²) >= 11 is 2.85. The van der Waals surface area contributed by atoms with Gasteiger partial charge in [0.1, 0.15) is 23.1 Å². The van der Waals surface area contributed by atoms with E-state index in [2.05, 4.69) is 21.2 Å². The van der Waals surface area contributed by atoms with Gasteiger partial charge >= 0.3 is 0 Å². The van der Waals surface area contributed by atoms with Crippen molar-refractivity contribution in [3.05, 3.63) is 67.9 Å². The number of hydrogen-bond acceptors (Lipinski definition) is 3. The molecule has 0 heterocycles. The van der Waals surface area contributed by atoms with Gasteiger partial charge in [0.05, 0.1) is 9.40 Å². The van der Waals surface area contributed by atoms with Crippen LogP contribution in [0.1, 0.15) is 5.56 Å². The van der Waals surface area contributed by atoms with Gasteiger partial charge in [-0.25, -0.2) is 13.2 Å². The molecule has 0 radical (unpaired) electrons. The second kappa shape index (κ2) is 6.13. The summed E-state index contributed by atoms with van der Waals surface area (Å²) < 4.78 is 39.9. The van der Waals surface area contributed by atoms with Crippen LogP contribution in [0.25, 0.3) is 0 Å². The molecular formula is C13H8BrF3N2O2. The van der Waals surface area contributed by atoms with Crippen molar-refractivity contribution in [1.29, 1.82) is 0 Å². The molecule has 0 aliphatic rings. The third-order valence-electron chi connectivity index (χ3n) is 2.71. The Balaban J connectivity index is 2.29. The first-order valence-electron chi connectivity index (χ1n) is 5.69. The zero-order valence-corrected chi connectivity index (χ0v) is 12.0.